The van der Waals surface area contributed by atoms with Gasteiger partial charge in [-0.1, -0.05) is 12.1 Å². The van der Waals surface area contributed by atoms with Crippen molar-refractivity contribution in [3.63, 3.8) is 0 Å². The van der Waals surface area contributed by atoms with Crippen LogP contribution in [0.4, 0.5) is 10.5 Å². The van der Waals surface area contributed by atoms with Crippen LogP contribution in [-0.2, 0) is 4.79 Å². The van der Waals surface area contributed by atoms with Crippen LogP contribution in [0.5, 0.6) is 5.75 Å². The van der Waals surface area contributed by atoms with Crippen LogP contribution >= 0.6 is 0 Å². The molecule has 1 aromatic rings. The largest absolute Gasteiger partial charge is 0.492 e. The molecule has 6 nitrogen and oxygen atoms in total. The topological polar surface area (TPSA) is 87.7 Å². The summed E-state index contributed by atoms with van der Waals surface area (Å²) >= 11 is 0. The summed E-state index contributed by atoms with van der Waals surface area (Å²) in [6, 6.07) is 6.75. The normalized spacial score (nSPS) is 10.8. The van der Waals surface area contributed by atoms with Crippen LogP contribution in [0, 0.1) is 0 Å². The van der Waals surface area contributed by atoms with Crippen LogP contribution < -0.4 is 15.4 Å². The molecule has 0 saturated heterocycles. The Kier molecular flexibility index (Phi) is 6.02. The van der Waals surface area contributed by atoms with Gasteiger partial charge in [-0.3, -0.25) is 4.79 Å². The first-order valence-electron chi connectivity index (χ1n) is 6.87. The van der Waals surface area contributed by atoms with Crippen molar-refractivity contribution in [1.29, 1.82) is 0 Å². The van der Waals surface area contributed by atoms with E-state index in [4.69, 9.17) is 9.84 Å². The molecule has 1 aromatic carbocycles. The van der Waals surface area contributed by atoms with Crippen LogP contribution in [0.3, 0.4) is 0 Å². The van der Waals surface area contributed by atoms with E-state index in [1.807, 2.05) is 13.0 Å². The number of carbonyl (C=O) groups is 2. The monoisotopic (exact) mass is 294 g/mol. The Balaban J connectivity index is 2.63. The summed E-state index contributed by atoms with van der Waals surface area (Å²) in [5.74, 6) is -0.287. The Morgan fingerprint density at radius 1 is 1.29 bits per heavy atom. The maximum absolute atomic E-state index is 12.0. The molecule has 0 radical (unpaired) electrons. The van der Waals surface area contributed by atoms with Gasteiger partial charge < -0.3 is 20.5 Å². The number of benzene rings is 1. The lowest BCUT2D eigenvalue weighted by atomic mass is 9.99. The summed E-state index contributed by atoms with van der Waals surface area (Å²) in [5, 5.41) is 14.2. The lowest BCUT2D eigenvalue weighted by Crippen LogP contribution is -2.45. The number of hydrogen-bond donors (Lipinski definition) is 3. The van der Waals surface area contributed by atoms with Gasteiger partial charge in [-0.15, -0.1) is 0 Å². The third-order valence-electron chi connectivity index (χ3n) is 2.85. The van der Waals surface area contributed by atoms with Crippen molar-refractivity contribution in [2.45, 2.75) is 39.2 Å². The van der Waals surface area contributed by atoms with Crippen molar-refractivity contribution in [2.24, 2.45) is 0 Å². The highest BCUT2D eigenvalue weighted by Crippen LogP contribution is 2.23. The van der Waals surface area contributed by atoms with Gasteiger partial charge >= 0.3 is 12.0 Å². The Hall–Kier alpha value is -2.24. The predicted octanol–water partition coefficient (Wildman–Crippen LogP) is 2.85. The molecule has 0 fully saturated rings. The third kappa shape index (κ3) is 6.16. The number of amides is 2. The van der Waals surface area contributed by atoms with Crippen molar-refractivity contribution < 1.29 is 19.4 Å². The smallest absolute Gasteiger partial charge is 0.319 e. The minimum absolute atomic E-state index is 0.00279. The molecule has 0 saturated carbocycles. The fourth-order valence-corrected chi connectivity index (χ4v) is 1.79. The Morgan fingerprint density at radius 3 is 2.57 bits per heavy atom. The summed E-state index contributed by atoms with van der Waals surface area (Å²) < 4.78 is 5.43. The van der Waals surface area contributed by atoms with Crippen molar-refractivity contribution >= 4 is 17.7 Å². The number of carboxylic acids is 1. The molecule has 0 aliphatic carbocycles. The van der Waals surface area contributed by atoms with Gasteiger partial charge in [0.25, 0.3) is 0 Å². The molecule has 0 spiro atoms. The molecule has 2 amide bonds. The van der Waals surface area contributed by atoms with Gasteiger partial charge in [-0.05, 0) is 39.3 Å². The number of urea groups is 1. The van der Waals surface area contributed by atoms with Crippen molar-refractivity contribution in [3.8, 4) is 5.75 Å². The van der Waals surface area contributed by atoms with E-state index in [1.54, 1.807) is 32.0 Å². The van der Waals surface area contributed by atoms with Gasteiger partial charge in [-0.25, -0.2) is 4.79 Å². The highest BCUT2D eigenvalue weighted by Gasteiger charge is 2.21. The zero-order valence-corrected chi connectivity index (χ0v) is 12.6. The van der Waals surface area contributed by atoms with Crippen LogP contribution in [0.1, 0.15) is 33.6 Å². The first-order valence-corrected chi connectivity index (χ1v) is 6.87. The lowest BCUT2D eigenvalue weighted by Gasteiger charge is -2.26. The van der Waals surface area contributed by atoms with E-state index in [-0.39, 0.29) is 6.42 Å². The quantitative estimate of drug-likeness (QED) is 0.721. The minimum Gasteiger partial charge on any atom is -0.492 e. The molecule has 1 rings (SSSR count). The zero-order valence-electron chi connectivity index (χ0n) is 12.6. The second kappa shape index (κ2) is 7.52. The molecule has 3 N–H and O–H groups in total. The fourth-order valence-electron chi connectivity index (χ4n) is 1.79. The highest BCUT2D eigenvalue weighted by atomic mass is 16.5. The molecule has 0 atom stereocenters. The molecule has 21 heavy (non-hydrogen) atoms. The van der Waals surface area contributed by atoms with E-state index in [0.717, 1.165) is 0 Å². The van der Waals surface area contributed by atoms with E-state index < -0.39 is 17.5 Å². The van der Waals surface area contributed by atoms with Crippen LogP contribution in [-0.4, -0.2) is 29.3 Å². The molecule has 116 valence electrons. The van der Waals surface area contributed by atoms with E-state index in [1.165, 1.54) is 0 Å². The third-order valence-corrected chi connectivity index (χ3v) is 2.85. The number of nitrogens with one attached hydrogen (secondary N) is 2. The molecule has 6 heteroatoms. The SMILES string of the molecule is CCOc1ccccc1NC(=O)NC(C)(C)CCC(=O)O. The molecule has 0 aliphatic heterocycles. The van der Waals surface area contributed by atoms with Gasteiger partial charge in [0.2, 0.25) is 0 Å². The van der Waals surface area contributed by atoms with Gasteiger partial charge in [0.05, 0.1) is 12.3 Å². The Labute approximate surface area is 124 Å². The number of hydrogen-bond acceptors (Lipinski definition) is 3. The maximum Gasteiger partial charge on any atom is 0.319 e. The summed E-state index contributed by atoms with van der Waals surface area (Å²) in [5.41, 5.74) is -0.0332. The molecule has 0 bridgehead atoms. The summed E-state index contributed by atoms with van der Waals surface area (Å²) in [6.07, 6.45) is 0.353. The minimum atomic E-state index is -0.882. The highest BCUT2D eigenvalue weighted by molar-refractivity contribution is 5.91. The van der Waals surface area contributed by atoms with Gasteiger partial charge in [0.1, 0.15) is 5.75 Å². The number of ether oxygens (including phenoxy) is 1. The summed E-state index contributed by atoms with van der Waals surface area (Å²) in [7, 11) is 0. The molecule has 0 unspecified atom stereocenters. The summed E-state index contributed by atoms with van der Waals surface area (Å²) in [6.45, 7) is 5.93. The average Bonchev–Trinajstić information content (AvgIpc) is 2.38. The standard InChI is InChI=1S/C15H22N2O4/c1-4-21-12-8-6-5-7-11(12)16-14(20)17-15(2,3)10-9-13(18)19/h5-8H,4,9-10H2,1-3H3,(H,18,19)(H2,16,17,20). The van der Waals surface area contributed by atoms with Gasteiger partial charge in [0.15, 0.2) is 0 Å². The molecular weight excluding hydrogens is 272 g/mol. The first kappa shape index (κ1) is 16.8. The van der Waals surface area contributed by atoms with Gasteiger partial charge in [0, 0.05) is 12.0 Å². The number of carbonyl (C=O) groups excluding carboxylic acids is 1. The first-order chi connectivity index (χ1) is 9.84. The lowest BCUT2D eigenvalue weighted by molar-refractivity contribution is -0.137. The Bertz CT molecular complexity index is 500. The number of rotatable bonds is 7. The van der Waals surface area contributed by atoms with Crippen molar-refractivity contribution in [1.82, 2.24) is 5.32 Å². The number of aliphatic carboxylic acids is 1. The van der Waals surface area contributed by atoms with E-state index in [0.29, 0.717) is 24.5 Å². The molecular formula is C15H22N2O4. The Morgan fingerprint density at radius 2 is 1.95 bits per heavy atom. The number of carboxylic acid groups (broad SMARTS) is 1. The maximum atomic E-state index is 12.0. The molecule has 0 aliphatic rings. The van der Waals surface area contributed by atoms with Crippen molar-refractivity contribution in [3.05, 3.63) is 24.3 Å². The summed E-state index contributed by atoms with van der Waals surface area (Å²) in [4.78, 5) is 22.6. The van der Waals surface area contributed by atoms with Gasteiger partial charge in [-0.2, -0.15) is 0 Å². The van der Waals surface area contributed by atoms with E-state index in [9.17, 15) is 9.59 Å². The van der Waals surface area contributed by atoms with Crippen LogP contribution in [0.2, 0.25) is 0 Å². The van der Waals surface area contributed by atoms with Crippen molar-refractivity contribution in [2.75, 3.05) is 11.9 Å². The number of para-hydroxylation sites is 2. The van der Waals surface area contributed by atoms with Crippen LogP contribution in [0.25, 0.3) is 0 Å². The fraction of sp³-hybridized carbons (Fsp3) is 0.467. The second-order valence-corrected chi connectivity index (χ2v) is 5.29. The van der Waals surface area contributed by atoms with E-state index in [2.05, 4.69) is 10.6 Å². The average molecular weight is 294 g/mol. The zero-order chi connectivity index (χ0) is 15.9. The number of anilines is 1. The van der Waals surface area contributed by atoms with E-state index >= 15 is 0 Å². The molecule has 0 aromatic heterocycles. The predicted molar refractivity (Wildman–Crippen MR) is 80.7 cm³/mol. The van der Waals surface area contributed by atoms with Crippen LogP contribution in [0.15, 0.2) is 24.3 Å². The second-order valence-electron chi connectivity index (χ2n) is 5.29. The molecule has 0 heterocycles.